The fraction of sp³-hybridized carbons (Fsp3) is 0.889. The lowest BCUT2D eigenvalue weighted by molar-refractivity contribution is -0.119. The number of rotatable bonds is 5. The maximum absolute atomic E-state index is 10.6. The summed E-state index contributed by atoms with van der Waals surface area (Å²) in [6.45, 7) is 8.27. The Labute approximate surface area is 79.7 Å². The summed E-state index contributed by atoms with van der Waals surface area (Å²) in [7, 11) is 0. The summed E-state index contributed by atoms with van der Waals surface area (Å²) in [5, 5.41) is 14.9. The molecule has 0 aromatic carbocycles. The Hall–Kier alpha value is -0.610. The van der Waals surface area contributed by atoms with Gasteiger partial charge in [0.2, 0.25) is 5.91 Å². The van der Waals surface area contributed by atoms with Crippen LogP contribution in [0.25, 0.3) is 0 Å². The third-order valence-electron chi connectivity index (χ3n) is 1.66. The molecule has 4 nitrogen and oxygen atoms in total. The van der Waals surface area contributed by atoms with Crippen LogP contribution in [0.1, 0.15) is 27.7 Å². The number of nitrogens with one attached hydrogen (secondary N) is 2. The van der Waals surface area contributed by atoms with Gasteiger partial charge in [-0.3, -0.25) is 4.79 Å². The van der Waals surface area contributed by atoms with Crippen molar-refractivity contribution in [3.8, 4) is 0 Å². The lowest BCUT2D eigenvalue weighted by atomic mass is 10.1. The van der Waals surface area contributed by atoms with Crippen molar-refractivity contribution in [1.82, 2.24) is 10.6 Å². The Bertz CT molecular complexity index is 167. The molecule has 0 saturated heterocycles. The molecule has 0 spiro atoms. The standard InChI is InChI=1S/C9H20N2O2/c1-7(12)5-11-9(3,4)6-10-8(2)13/h7,11-12H,5-6H2,1-4H3,(H,10,13). The van der Waals surface area contributed by atoms with Crippen LogP contribution in [0.3, 0.4) is 0 Å². The summed E-state index contributed by atoms with van der Waals surface area (Å²) in [4.78, 5) is 10.6. The molecule has 0 aliphatic heterocycles. The molecule has 0 aromatic heterocycles. The summed E-state index contributed by atoms with van der Waals surface area (Å²) in [5.41, 5.74) is -0.178. The van der Waals surface area contributed by atoms with Gasteiger partial charge < -0.3 is 15.7 Å². The van der Waals surface area contributed by atoms with Gasteiger partial charge in [-0.25, -0.2) is 0 Å². The highest BCUT2D eigenvalue weighted by Gasteiger charge is 2.17. The van der Waals surface area contributed by atoms with Crippen molar-refractivity contribution >= 4 is 5.91 Å². The van der Waals surface area contributed by atoms with Gasteiger partial charge >= 0.3 is 0 Å². The zero-order valence-electron chi connectivity index (χ0n) is 8.85. The van der Waals surface area contributed by atoms with Crippen molar-refractivity contribution in [2.24, 2.45) is 0 Å². The van der Waals surface area contributed by atoms with Gasteiger partial charge in [-0.1, -0.05) is 0 Å². The van der Waals surface area contributed by atoms with Gasteiger partial charge in [0.25, 0.3) is 0 Å². The van der Waals surface area contributed by atoms with E-state index >= 15 is 0 Å². The molecule has 0 rings (SSSR count). The number of β-amino-alcohol motifs (C(OH)–C–C–N with tert-alkyl or cyclic N) is 1. The van der Waals surface area contributed by atoms with Crippen molar-refractivity contribution in [2.45, 2.75) is 39.3 Å². The van der Waals surface area contributed by atoms with E-state index < -0.39 is 0 Å². The number of hydrogen-bond acceptors (Lipinski definition) is 3. The number of carbonyl (C=O) groups excluding carboxylic acids is 1. The fourth-order valence-electron chi connectivity index (χ4n) is 0.832. The van der Waals surface area contributed by atoms with Crippen LogP contribution in [0.4, 0.5) is 0 Å². The second-order valence-electron chi connectivity index (χ2n) is 4.02. The molecule has 0 aliphatic carbocycles. The van der Waals surface area contributed by atoms with Crippen molar-refractivity contribution < 1.29 is 9.90 Å². The molecule has 0 saturated carbocycles. The smallest absolute Gasteiger partial charge is 0.216 e. The van der Waals surface area contributed by atoms with E-state index in [1.54, 1.807) is 6.92 Å². The molecule has 1 atom stereocenters. The van der Waals surface area contributed by atoms with E-state index in [1.807, 2.05) is 13.8 Å². The first kappa shape index (κ1) is 12.4. The summed E-state index contributed by atoms with van der Waals surface area (Å²) in [6, 6.07) is 0. The molecule has 0 aromatic rings. The zero-order valence-corrected chi connectivity index (χ0v) is 8.85. The highest BCUT2D eigenvalue weighted by molar-refractivity contribution is 5.72. The van der Waals surface area contributed by atoms with Crippen molar-refractivity contribution in [1.29, 1.82) is 0 Å². The van der Waals surface area contributed by atoms with Gasteiger partial charge in [0.1, 0.15) is 0 Å². The Balaban J connectivity index is 3.72. The highest BCUT2D eigenvalue weighted by atomic mass is 16.3. The second kappa shape index (κ2) is 5.19. The van der Waals surface area contributed by atoms with Crippen molar-refractivity contribution in [3.63, 3.8) is 0 Å². The molecular weight excluding hydrogens is 168 g/mol. The van der Waals surface area contributed by atoms with Gasteiger partial charge in [0.15, 0.2) is 0 Å². The number of aliphatic hydroxyl groups excluding tert-OH is 1. The number of aliphatic hydroxyl groups is 1. The van der Waals surface area contributed by atoms with Gasteiger partial charge in [0.05, 0.1) is 6.10 Å². The molecule has 0 radical (unpaired) electrons. The van der Waals surface area contributed by atoms with Crippen molar-refractivity contribution in [3.05, 3.63) is 0 Å². The van der Waals surface area contributed by atoms with Crippen LogP contribution in [0.5, 0.6) is 0 Å². The van der Waals surface area contributed by atoms with E-state index in [1.165, 1.54) is 6.92 Å². The topological polar surface area (TPSA) is 61.4 Å². The van der Waals surface area contributed by atoms with Crippen LogP contribution in [0, 0.1) is 0 Å². The number of hydrogen-bond donors (Lipinski definition) is 3. The minimum Gasteiger partial charge on any atom is -0.392 e. The van der Waals surface area contributed by atoms with Gasteiger partial charge in [-0.15, -0.1) is 0 Å². The predicted octanol–water partition coefficient (Wildman–Crippen LogP) is -0.128. The van der Waals surface area contributed by atoms with Crippen LogP contribution in [-0.2, 0) is 4.79 Å². The fourth-order valence-corrected chi connectivity index (χ4v) is 0.832. The molecule has 3 N–H and O–H groups in total. The van der Waals surface area contributed by atoms with E-state index in [4.69, 9.17) is 5.11 Å². The monoisotopic (exact) mass is 188 g/mol. The summed E-state index contributed by atoms with van der Waals surface area (Å²) < 4.78 is 0. The average molecular weight is 188 g/mol. The predicted molar refractivity (Wildman–Crippen MR) is 52.4 cm³/mol. The zero-order chi connectivity index (χ0) is 10.5. The Kier molecular flexibility index (Phi) is 4.95. The molecule has 0 bridgehead atoms. The van der Waals surface area contributed by atoms with Gasteiger partial charge in [0, 0.05) is 25.6 Å². The van der Waals surface area contributed by atoms with Crippen LogP contribution < -0.4 is 10.6 Å². The van der Waals surface area contributed by atoms with E-state index in [9.17, 15) is 4.79 Å². The summed E-state index contributed by atoms with van der Waals surface area (Å²) in [6.07, 6.45) is -0.364. The minimum atomic E-state index is -0.364. The van der Waals surface area contributed by atoms with Gasteiger partial charge in [-0.2, -0.15) is 0 Å². The summed E-state index contributed by atoms with van der Waals surface area (Å²) in [5.74, 6) is -0.0353. The molecule has 0 aliphatic rings. The Morgan fingerprint density at radius 2 is 2.08 bits per heavy atom. The van der Waals surface area contributed by atoms with E-state index in [-0.39, 0.29) is 17.6 Å². The second-order valence-corrected chi connectivity index (χ2v) is 4.02. The van der Waals surface area contributed by atoms with Crippen LogP contribution in [-0.4, -0.2) is 35.7 Å². The van der Waals surface area contributed by atoms with Crippen LogP contribution in [0.15, 0.2) is 0 Å². The van der Waals surface area contributed by atoms with E-state index in [2.05, 4.69) is 10.6 Å². The highest BCUT2D eigenvalue weighted by Crippen LogP contribution is 1.99. The number of amides is 1. The minimum absolute atomic E-state index is 0.0353. The molecule has 78 valence electrons. The third-order valence-corrected chi connectivity index (χ3v) is 1.66. The Morgan fingerprint density at radius 1 is 1.54 bits per heavy atom. The molecule has 0 heterocycles. The average Bonchev–Trinajstić information content (AvgIpc) is 1.98. The third kappa shape index (κ3) is 7.74. The maximum atomic E-state index is 10.6. The largest absolute Gasteiger partial charge is 0.392 e. The molecule has 1 unspecified atom stereocenters. The SMILES string of the molecule is CC(=O)NCC(C)(C)NCC(C)O. The maximum Gasteiger partial charge on any atom is 0.216 e. The quantitative estimate of drug-likeness (QED) is 0.563. The van der Waals surface area contributed by atoms with Crippen LogP contribution in [0.2, 0.25) is 0 Å². The van der Waals surface area contributed by atoms with Gasteiger partial charge in [-0.05, 0) is 20.8 Å². The van der Waals surface area contributed by atoms with Crippen LogP contribution >= 0.6 is 0 Å². The molecule has 13 heavy (non-hydrogen) atoms. The summed E-state index contributed by atoms with van der Waals surface area (Å²) >= 11 is 0. The molecule has 1 amide bonds. The number of carbonyl (C=O) groups is 1. The first-order chi connectivity index (χ1) is 5.83. The lowest BCUT2D eigenvalue weighted by Gasteiger charge is -2.27. The normalized spacial score (nSPS) is 13.9. The molecule has 0 fully saturated rings. The Morgan fingerprint density at radius 3 is 2.46 bits per heavy atom. The van der Waals surface area contributed by atoms with E-state index in [0.29, 0.717) is 13.1 Å². The first-order valence-electron chi connectivity index (χ1n) is 4.51. The van der Waals surface area contributed by atoms with E-state index in [0.717, 1.165) is 0 Å². The van der Waals surface area contributed by atoms with Crippen molar-refractivity contribution in [2.75, 3.05) is 13.1 Å². The molecular formula is C9H20N2O2. The first-order valence-corrected chi connectivity index (χ1v) is 4.51. The lowest BCUT2D eigenvalue weighted by Crippen LogP contribution is -2.50. The molecule has 4 heteroatoms.